The van der Waals surface area contributed by atoms with Crippen molar-refractivity contribution < 1.29 is 9.53 Å². The molecular formula is C12H18N2O2. The second kappa shape index (κ2) is 6.23. The summed E-state index contributed by atoms with van der Waals surface area (Å²) in [6.45, 7) is 2.40. The molecule has 0 N–H and O–H groups in total. The van der Waals surface area contributed by atoms with Crippen molar-refractivity contribution in [3.8, 4) is 0 Å². The van der Waals surface area contributed by atoms with Crippen molar-refractivity contribution in [2.75, 3.05) is 20.7 Å². The molecule has 0 fully saturated rings. The second-order valence-electron chi connectivity index (χ2n) is 3.70. The van der Waals surface area contributed by atoms with Gasteiger partial charge in [-0.25, -0.2) is 0 Å². The van der Waals surface area contributed by atoms with E-state index in [0.717, 1.165) is 6.42 Å². The summed E-state index contributed by atoms with van der Waals surface area (Å²) in [5, 5.41) is 0. The largest absolute Gasteiger partial charge is 0.468 e. The fourth-order valence-corrected chi connectivity index (χ4v) is 1.77. The number of pyridine rings is 1. The van der Waals surface area contributed by atoms with E-state index in [1.165, 1.54) is 12.7 Å². The van der Waals surface area contributed by atoms with Gasteiger partial charge in [-0.2, -0.15) is 0 Å². The van der Waals surface area contributed by atoms with Crippen molar-refractivity contribution >= 4 is 5.97 Å². The number of hydrogen-bond acceptors (Lipinski definition) is 4. The molecule has 4 heteroatoms. The number of ether oxygens (including phenoxy) is 1. The zero-order valence-corrected chi connectivity index (χ0v) is 10.0. The first-order valence-electron chi connectivity index (χ1n) is 5.36. The van der Waals surface area contributed by atoms with E-state index in [1.54, 1.807) is 12.4 Å². The Morgan fingerprint density at radius 1 is 1.50 bits per heavy atom. The molecule has 1 rings (SSSR count). The number of aromatic nitrogens is 1. The van der Waals surface area contributed by atoms with Crippen LogP contribution in [0.4, 0.5) is 0 Å². The maximum Gasteiger partial charge on any atom is 0.319 e. The van der Waals surface area contributed by atoms with Gasteiger partial charge >= 0.3 is 5.97 Å². The van der Waals surface area contributed by atoms with Gasteiger partial charge in [-0.15, -0.1) is 0 Å². The van der Waals surface area contributed by atoms with Gasteiger partial charge in [-0.05, 0) is 31.2 Å². The fourth-order valence-electron chi connectivity index (χ4n) is 1.77. The first-order chi connectivity index (χ1) is 7.69. The van der Waals surface area contributed by atoms with E-state index >= 15 is 0 Å². The smallest absolute Gasteiger partial charge is 0.319 e. The average Bonchev–Trinajstić information content (AvgIpc) is 2.31. The lowest BCUT2D eigenvalue weighted by Gasteiger charge is -2.26. The minimum atomic E-state index is -0.213. The fraction of sp³-hybridized carbons (Fsp3) is 0.500. The quantitative estimate of drug-likeness (QED) is 0.710. The third kappa shape index (κ3) is 3.31. The van der Waals surface area contributed by atoms with Crippen LogP contribution >= 0.6 is 0 Å². The van der Waals surface area contributed by atoms with Crippen LogP contribution in [0.3, 0.4) is 0 Å². The van der Waals surface area contributed by atoms with Crippen molar-refractivity contribution in [2.45, 2.75) is 19.4 Å². The van der Waals surface area contributed by atoms with Crippen LogP contribution < -0.4 is 0 Å². The zero-order chi connectivity index (χ0) is 12.0. The molecule has 88 valence electrons. The molecule has 0 spiro atoms. The lowest BCUT2D eigenvalue weighted by atomic mass is 10.0. The van der Waals surface area contributed by atoms with Crippen molar-refractivity contribution in [3.63, 3.8) is 0 Å². The van der Waals surface area contributed by atoms with Gasteiger partial charge in [0.25, 0.3) is 0 Å². The summed E-state index contributed by atoms with van der Waals surface area (Å²) in [6.07, 6.45) is 4.48. The van der Waals surface area contributed by atoms with E-state index in [-0.39, 0.29) is 12.0 Å². The summed E-state index contributed by atoms with van der Waals surface area (Å²) in [4.78, 5) is 17.2. The monoisotopic (exact) mass is 222 g/mol. The van der Waals surface area contributed by atoms with E-state index in [2.05, 4.69) is 16.6 Å². The van der Waals surface area contributed by atoms with Crippen LogP contribution in [0.5, 0.6) is 0 Å². The number of rotatable bonds is 5. The normalized spacial score (nSPS) is 12.5. The van der Waals surface area contributed by atoms with Crippen LogP contribution in [0, 0.1) is 0 Å². The van der Waals surface area contributed by atoms with Crippen LogP contribution in [0.25, 0.3) is 0 Å². The molecule has 0 bridgehead atoms. The molecular weight excluding hydrogens is 204 g/mol. The summed E-state index contributed by atoms with van der Waals surface area (Å²) >= 11 is 0. The molecule has 0 amide bonds. The summed E-state index contributed by atoms with van der Waals surface area (Å²) in [7, 11) is 3.33. The third-order valence-electron chi connectivity index (χ3n) is 2.62. The van der Waals surface area contributed by atoms with Crippen LogP contribution in [-0.4, -0.2) is 36.6 Å². The van der Waals surface area contributed by atoms with Crippen molar-refractivity contribution in [3.05, 3.63) is 30.1 Å². The molecule has 0 saturated carbocycles. The molecule has 16 heavy (non-hydrogen) atoms. The Morgan fingerprint density at radius 3 is 2.62 bits per heavy atom. The van der Waals surface area contributed by atoms with Gasteiger partial charge in [0.1, 0.15) is 0 Å². The summed E-state index contributed by atoms with van der Waals surface area (Å²) in [5.41, 5.74) is 1.17. The number of likely N-dealkylation sites (N-methyl/N-ethyl adjacent to an activating group) is 1. The molecule has 4 nitrogen and oxygen atoms in total. The SMILES string of the molecule is CC[C@@H](c1ccncc1)N(C)CC(=O)OC. The maximum atomic E-state index is 11.2. The van der Waals surface area contributed by atoms with Gasteiger partial charge in [0.2, 0.25) is 0 Å². The Balaban J connectivity index is 2.71. The van der Waals surface area contributed by atoms with Gasteiger partial charge in [-0.3, -0.25) is 14.7 Å². The van der Waals surface area contributed by atoms with Gasteiger partial charge in [0.05, 0.1) is 13.7 Å². The zero-order valence-electron chi connectivity index (χ0n) is 10.0. The first-order valence-corrected chi connectivity index (χ1v) is 5.36. The molecule has 0 aliphatic heterocycles. The molecule has 1 aromatic heterocycles. The summed E-state index contributed by atoms with van der Waals surface area (Å²) in [5.74, 6) is -0.213. The van der Waals surface area contributed by atoms with E-state index in [9.17, 15) is 4.79 Å². The lowest BCUT2D eigenvalue weighted by molar-refractivity contribution is -0.142. The van der Waals surface area contributed by atoms with Crippen LogP contribution in [-0.2, 0) is 9.53 Å². The molecule has 0 unspecified atom stereocenters. The predicted molar refractivity (Wildman–Crippen MR) is 61.9 cm³/mol. The molecule has 0 aliphatic rings. The van der Waals surface area contributed by atoms with E-state index in [4.69, 9.17) is 0 Å². The Hall–Kier alpha value is -1.42. The number of hydrogen-bond donors (Lipinski definition) is 0. The minimum Gasteiger partial charge on any atom is -0.468 e. The summed E-state index contributed by atoms with van der Waals surface area (Å²) < 4.78 is 4.66. The Bertz CT molecular complexity index is 327. The number of nitrogens with zero attached hydrogens (tertiary/aromatic N) is 2. The molecule has 0 saturated heterocycles. The van der Waals surface area contributed by atoms with E-state index < -0.39 is 0 Å². The van der Waals surface area contributed by atoms with Crippen molar-refractivity contribution in [1.29, 1.82) is 0 Å². The Morgan fingerprint density at radius 2 is 2.12 bits per heavy atom. The van der Waals surface area contributed by atoms with Crippen LogP contribution in [0.1, 0.15) is 24.9 Å². The number of methoxy groups -OCH3 is 1. The van der Waals surface area contributed by atoms with Crippen LogP contribution in [0.15, 0.2) is 24.5 Å². The highest BCUT2D eigenvalue weighted by atomic mass is 16.5. The van der Waals surface area contributed by atoms with E-state index in [0.29, 0.717) is 6.54 Å². The van der Waals surface area contributed by atoms with Crippen LogP contribution in [0.2, 0.25) is 0 Å². The lowest BCUT2D eigenvalue weighted by Crippen LogP contribution is -2.30. The maximum absolute atomic E-state index is 11.2. The van der Waals surface area contributed by atoms with Gasteiger partial charge in [0, 0.05) is 18.4 Å². The molecule has 0 radical (unpaired) electrons. The van der Waals surface area contributed by atoms with Gasteiger partial charge in [-0.1, -0.05) is 6.92 Å². The first kappa shape index (κ1) is 12.6. The number of carbonyl (C=O) groups is 1. The highest BCUT2D eigenvalue weighted by molar-refractivity contribution is 5.71. The van der Waals surface area contributed by atoms with Crippen molar-refractivity contribution in [1.82, 2.24) is 9.88 Å². The minimum absolute atomic E-state index is 0.213. The summed E-state index contributed by atoms with van der Waals surface area (Å²) in [6, 6.07) is 4.17. The molecule has 1 aromatic rings. The highest BCUT2D eigenvalue weighted by Crippen LogP contribution is 2.21. The van der Waals surface area contributed by atoms with E-state index in [1.807, 2.05) is 24.1 Å². The van der Waals surface area contributed by atoms with Gasteiger partial charge in [0.15, 0.2) is 0 Å². The third-order valence-corrected chi connectivity index (χ3v) is 2.62. The van der Waals surface area contributed by atoms with Gasteiger partial charge < -0.3 is 4.74 Å². The number of esters is 1. The average molecular weight is 222 g/mol. The Kier molecular flexibility index (Phi) is 4.92. The molecule has 0 aliphatic carbocycles. The molecule has 1 heterocycles. The Labute approximate surface area is 96.2 Å². The second-order valence-corrected chi connectivity index (χ2v) is 3.70. The predicted octanol–water partition coefficient (Wildman–Crippen LogP) is 1.64. The van der Waals surface area contributed by atoms with Crippen molar-refractivity contribution in [2.24, 2.45) is 0 Å². The highest BCUT2D eigenvalue weighted by Gasteiger charge is 2.17. The molecule has 0 aromatic carbocycles. The molecule has 1 atom stereocenters. The standard InChI is InChI=1S/C12H18N2O2/c1-4-11(10-5-7-13-8-6-10)14(2)9-12(15)16-3/h5-8,11H,4,9H2,1-3H3/t11-/m0/s1. The number of carbonyl (C=O) groups excluding carboxylic acids is 1. The topological polar surface area (TPSA) is 42.4 Å².